The van der Waals surface area contributed by atoms with E-state index in [-0.39, 0.29) is 0 Å². The summed E-state index contributed by atoms with van der Waals surface area (Å²) in [5, 5.41) is 3.32. The second-order valence-corrected chi connectivity index (χ2v) is 5.06. The summed E-state index contributed by atoms with van der Waals surface area (Å²) in [5.41, 5.74) is 1.16. The molecule has 0 atom stereocenters. The van der Waals surface area contributed by atoms with Crippen LogP contribution in [-0.4, -0.2) is 18.1 Å². The fraction of sp³-hybridized carbons (Fsp3) is 0.667. The zero-order valence-electron chi connectivity index (χ0n) is 11.3. The first-order valence-electron chi connectivity index (χ1n) is 7.17. The summed E-state index contributed by atoms with van der Waals surface area (Å²) in [4.78, 5) is 4.35. The lowest BCUT2D eigenvalue weighted by Crippen LogP contribution is -2.18. The van der Waals surface area contributed by atoms with Crippen molar-refractivity contribution in [2.45, 2.75) is 45.6 Å². The van der Waals surface area contributed by atoms with E-state index < -0.39 is 0 Å². The van der Waals surface area contributed by atoms with E-state index in [1.807, 2.05) is 12.3 Å². The Bertz CT molecular complexity index is 348. The number of nitrogens with one attached hydrogen (secondary N) is 1. The first kappa shape index (κ1) is 13.3. The van der Waals surface area contributed by atoms with Crippen molar-refractivity contribution >= 4 is 0 Å². The highest BCUT2D eigenvalue weighted by Gasteiger charge is 2.15. The zero-order valence-corrected chi connectivity index (χ0v) is 11.3. The second-order valence-electron chi connectivity index (χ2n) is 5.06. The summed E-state index contributed by atoms with van der Waals surface area (Å²) in [6, 6.07) is 4.06. The molecule has 0 bridgehead atoms. The Morgan fingerprint density at radius 1 is 1.33 bits per heavy atom. The minimum absolute atomic E-state index is 0.729. The van der Waals surface area contributed by atoms with E-state index in [1.165, 1.54) is 32.1 Å². The number of nitrogens with zero attached hydrogens (tertiary/aromatic N) is 1. The predicted molar refractivity (Wildman–Crippen MR) is 73.7 cm³/mol. The molecule has 3 heteroatoms. The van der Waals surface area contributed by atoms with Gasteiger partial charge in [-0.15, -0.1) is 0 Å². The summed E-state index contributed by atoms with van der Waals surface area (Å²) in [6.45, 7) is 4.75. The van der Waals surface area contributed by atoms with Crippen LogP contribution in [0.2, 0.25) is 0 Å². The van der Waals surface area contributed by atoms with E-state index in [2.05, 4.69) is 23.3 Å². The van der Waals surface area contributed by atoms with Gasteiger partial charge in [0, 0.05) is 18.3 Å². The van der Waals surface area contributed by atoms with Crippen molar-refractivity contribution in [2.24, 2.45) is 5.92 Å². The molecule has 0 amide bonds. The van der Waals surface area contributed by atoms with Crippen molar-refractivity contribution in [1.29, 1.82) is 0 Å². The van der Waals surface area contributed by atoms with Crippen molar-refractivity contribution in [1.82, 2.24) is 10.3 Å². The summed E-state index contributed by atoms with van der Waals surface area (Å²) >= 11 is 0. The lowest BCUT2D eigenvalue weighted by molar-refractivity contribution is 0.201. The Labute approximate surface area is 110 Å². The lowest BCUT2D eigenvalue weighted by atomic mass is 9.90. The molecular weight excluding hydrogens is 224 g/mol. The molecule has 3 nitrogen and oxygen atoms in total. The normalized spacial score (nSPS) is 16.7. The van der Waals surface area contributed by atoms with Crippen LogP contribution in [0, 0.1) is 5.92 Å². The van der Waals surface area contributed by atoms with Gasteiger partial charge < -0.3 is 10.1 Å². The quantitative estimate of drug-likeness (QED) is 0.839. The number of aromatic nitrogens is 1. The Balaban J connectivity index is 1.87. The van der Waals surface area contributed by atoms with Gasteiger partial charge in [-0.2, -0.15) is 0 Å². The summed E-state index contributed by atoms with van der Waals surface area (Å²) in [7, 11) is 0. The molecule has 0 saturated heterocycles. The van der Waals surface area contributed by atoms with Gasteiger partial charge in [-0.1, -0.05) is 32.3 Å². The third-order valence-corrected chi connectivity index (χ3v) is 3.60. The molecule has 1 fully saturated rings. The molecule has 2 rings (SSSR count). The van der Waals surface area contributed by atoms with E-state index >= 15 is 0 Å². The van der Waals surface area contributed by atoms with Gasteiger partial charge in [-0.05, 0) is 31.4 Å². The van der Waals surface area contributed by atoms with Gasteiger partial charge in [0.15, 0.2) is 0 Å². The van der Waals surface area contributed by atoms with Crippen LogP contribution in [0.5, 0.6) is 5.88 Å². The molecule has 100 valence electrons. The van der Waals surface area contributed by atoms with Crippen molar-refractivity contribution in [3.8, 4) is 5.88 Å². The molecule has 1 aliphatic rings. The topological polar surface area (TPSA) is 34.2 Å². The summed E-state index contributed by atoms with van der Waals surface area (Å²) < 4.78 is 5.92. The minimum Gasteiger partial charge on any atom is -0.477 e. The maximum absolute atomic E-state index is 5.92. The minimum atomic E-state index is 0.729. The number of hydrogen-bond acceptors (Lipinski definition) is 3. The number of hydrogen-bond donors (Lipinski definition) is 1. The van der Waals surface area contributed by atoms with Crippen LogP contribution in [-0.2, 0) is 6.54 Å². The van der Waals surface area contributed by atoms with Crippen molar-refractivity contribution in [3.63, 3.8) is 0 Å². The fourth-order valence-corrected chi connectivity index (χ4v) is 2.50. The van der Waals surface area contributed by atoms with Gasteiger partial charge in [-0.25, -0.2) is 4.98 Å². The smallest absolute Gasteiger partial charge is 0.217 e. The second kappa shape index (κ2) is 7.37. The molecule has 18 heavy (non-hydrogen) atoms. The maximum Gasteiger partial charge on any atom is 0.217 e. The first-order chi connectivity index (χ1) is 8.90. The molecule has 1 heterocycles. The van der Waals surface area contributed by atoms with Crippen molar-refractivity contribution < 1.29 is 4.74 Å². The molecular formula is C15H24N2O. The summed E-state index contributed by atoms with van der Waals surface area (Å²) in [6.07, 6.45) is 8.56. The Kier molecular flexibility index (Phi) is 5.46. The Morgan fingerprint density at radius 2 is 2.17 bits per heavy atom. The zero-order chi connectivity index (χ0) is 12.6. The van der Waals surface area contributed by atoms with Crippen LogP contribution >= 0.6 is 0 Å². The van der Waals surface area contributed by atoms with Gasteiger partial charge in [0.05, 0.1) is 6.61 Å². The number of ether oxygens (including phenoxy) is 1. The standard InChI is InChI=1S/C15H24N2O/c1-2-16-11-14-9-6-10-17-15(14)18-12-13-7-4-3-5-8-13/h6,9-10,13,16H,2-5,7-8,11-12H2,1H3. The largest absolute Gasteiger partial charge is 0.477 e. The van der Waals surface area contributed by atoms with Crippen LogP contribution < -0.4 is 10.1 Å². The number of rotatable bonds is 6. The molecule has 1 aromatic heterocycles. The van der Waals surface area contributed by atoms with Crippen LogP contribution in [0.3, 0.4) is 0 Å². The van der Waals surface area contributed by atoms with E-state index in [4.69, 9.17) is 4.74 Å². The van der Waals surface area contributed by atoms with Crippen molar-refractivity contribution in [2.75, 3.05) is 13.2 Å². The third-order valence-electron chi connectivity index (χ3n) is 3.60. The van der Waals surface area contributed by atoms with Gasteiger partial charge in [0.1, 0.15) is 0 Å². The first-order valence-corrected chi connectivity index (χ1v) is 7.17. The van der Waals surface area contributed by atoms with Crippen LogP contribution in [0.25, 0.3) is 0 Å². The van der Waals surface area contributed by atoms with Gasteiger partial charge >= 0.3 is 0 Å². The van der Waals surface area contributed by atoms with E-state index in [9.17, 15) is 0 Å². The highest BCUT2D eigenvalue weighted by Crippen LogP contribution is 2.25. The molecule has 0 aliphatic heterocycles. The molecule has 0 aromatic carbocycles. The monoisotopic (exact) mass is 248 g/mol. The van der Waals surface area contributed by atoms with Crippen LogP contribution in [0.15, 0.2) is 18.3 Å². The Hall–Kier alpha value is -1.09. The molecule has 1 aromatic rings. The molecule has 0 spiro atoms. The summed E-state index contributed by atoms with van der Waals surface area (Å²) in [5.74, 6) is 1.54. The molecule has 1 aliphatic carbocycles. The number of pyridine rings is 1. The van der Waals surface area contributed by atoms with E-state index in [0.717, 1.165) is 37.1 Å². The van der Waals surface area contributed by atoms with Crippen LogP contribution in [0.1, 0.15) is 44.6 Å². The fourth-order valence-electron chi connectivity index (χ4n) is 2.50. The molecule has 0 radical (unpaired) electrons. The van der Waals surface area contributed by atoms with Gasteiger partial charge in [0.2, 0.25) is 5.88 Å². The van der Waals surface area contributed by atoms with Gasteiger partial charge in [0.25, 0.3) is 0 Å². The van der Waals surface area contributed by atoms with Gasteiger partial charge in [-0.3, -0.25) is 0 Å². The van der Waals surface area contributed by atoms with Crippen molar-refractivity contribution in [3.05, 3.63) is 23.9 Å². The Morgan fingerprint density at radius 3 is 2.94 bits per heavy atom. The molecule has 1 saturated carbocycles. The molecule has 1 N–H and O–H groups in total. The third kappa shape index (κ3) is 3.98. The lowest BCUT2D eigenvalue weighted by Gasteiger charge is -2.22. The maximum atomic E-state index is 5.92. The van der Waals surface area contributed by atoms with E-state index in [0.29, 0.717) is 0 Å². The highest BCUT2D eigenvalue weighted by molar-refractivity contribution is 5.25. The average molecular weight is 248 g/mol. The van der Waals surface area contributed by atoms with Crippen LogP contribution in [0.4, 0.5) is 0 Å². The predicted octanol–water partition coefficient (Wildman–Crippen LogP) is 3.15. The van der Waals surface area contributed by atoms with E-state index in [1.54, 1.807) is 0 Å². The highest BCUT2D eigenvalue weighted by atomic mass is 16.5. The molecule has 0 unspecified atom stereocenters. The SMILES string of the molecule is CCNCc1cccnc1OCC1CCCCC1. The average Bonchev–Trinajstić information content (AvgIpc) is 2.45.